The number of hydrogen-bond donors (Lipinski definition) is 0. The van der Waals surface area contributed by atoms with Crippen molar-refractivity contribution in [2.75, 3.05) is 18.0 Å². The lowest BCUT2D eigenvalue weighted by atomic mass is 10.2. The molecule has 0 N–H and O–H groups in total. The van der Waals surface area contributed by atoms with Crippen molar-refractivity contribution in [3.05, 3.63) is 35.9 Å². The smallest absolute Gasteiger partial charge is 0.0912 e. The average Bonchev–Trinajstić information content (AvgIpc) is 2.66. The predicted octanol–water partition coefficient (Wildman–Crippen LogP) is 3.60. The first-order valence-electron chi connectivity index (χ1n) is 6.31. The molecule has 1 aromatic carbocycles. The number of rotatable bonds is 2. The van der Waals surface area contributed by atoms with Gasteiger partial charge in [-0.05, 0) is 36.6 Å². The standard InChI is InChI=1S/C15H18N2/c16-11-5-6-14-7-9-15(10-8-14)17-12-3-1-2-4-13-17/h5-10H,1-4,12-13H2/b6-5+. The van der Waals surface area contributed by atoms with E-state index in [2.05, 4.69) is 29.2 Å². The van der Waals surface area contributed by atoms with Crippen LogP contribution in [-0.4, -0.2) is 13.1 Å². The summed E-state index contributed by atoms with van der Waals surface area (Å²) in [4.78, 5) is 2.46. The normalized spacial score (nSPS) is 16.8. The second kappa shape index (κ2) is 6.10. The Kier molecular flexibility index (Phi) is 4.21. The molecule has 2 nitrogen and oxygen atoms in total. The Morgan fingerprint density at radius 3 is 2.24 bits per heavy atom. The summed E-state index contributed by atoms with van der Waals surface area (Å²) in [5, 5.41) is 8.47. The molecular formula is C15H18N2. The molecule has 0 aromatic heterocycles. The van der Waals surface area contributed by atoms with Crippen molar-refractivity contribution in [1.82, 2.24) is 0 Å². The van der Waals surface area contributed by atoms with E-state index in [1.54, 1.807) is 0 Å². The van der Waals surface area contributed by atoms with Crippen LogP contribution >= 0.6 is 0 Å². The van der Waals surface area contributed by atoms with Crippen LogP contribution in [-0.2, 0) is 0 Å². The molecule has 1 fully saturated rings. The summed E-state index contributed by atoms with van der Waals surface area (Å²) in [7, 11) is 0. The van der Waals surface area contributed by atoms with E-state index in [1.807, 2.05) is 12.1 Å². The zero-order chi connectivity index (χ0) is 11.9. The maximum Gasteiger partial charge on any atom is 0.0912 e. The van der Waals surface area contributed by atoms with Gasteiger partial charge in [0.15, 0.2) is 0 Å². The quantitative estimate of drug-likeness (QED) is 0.720. The van der Waals surface area contributed by atoms with Crippen LogP contribution < -0.4 is 4.90 Å². The molecule has 0 amide bonds. The monoisotopic (exact) mass is 226 g/mol. The molecule has 1 saturated heterocycles. The zero-order valence-electron chi connectivity index (χ0n) is 10.1. The number of hydrogen-bond acceptors (Lipinski definition) is 2. The lowest BCUT2D eigenvalue weighted by Crippen LogP contribution is -2.23. The highest BCUT2D eigenvalue weighted by atomic mass is 15.1. The fourth-order valence-electron chi connectivity index (χ4n) is 2.26. The van der Waals surface area contributed by atoms with Crippen LogP contribution in [0.1, 0.15) is 31.2 Å². The first-order valence-corrected chi connectivity index (χ1v) is 6.31. The van der Waals surface area contributed by atoms with Gasteiger partial charge in [0.2, 0.25) is 0 Å². The number of nitriles is 1. The van der Waals surface area contributed by atoms with Crippen molar-refractivity contribution in [2.24, 2.45) is 0 Å². The molecule has 0 radical (unpaired) electrons. The summed E-state index contributed by atoms with van der Waals surface area (Å²) in [5.41, 5.74) is 2.39. The van der Waals surface area contributed by atoms with E-state index < -0.39 is 0 Å². The Bertz CT molecular complexity index is 404. The van der Waals surface area contributed by atoms with E-state index in [9.17, 15) is 0 Å². The zero-order valence-corrected chi connectivity index (χ0v) is 10.1. The summed E-state index contributed by atoms with van der Waals surface area (Å²) < 4.78 is 0. The van der Waals surface area contributed by atoms with Gasteiger partial charge in [-0.15, -0.1) is 0 Å². The Hall–Kier alpha value is -1.75. The second-order valence-electron chi connectivity index (χ2n) is 4.46. The molecule has 1 aliphatic heterocycles. The van der Waals surface area contributed by atoms with Gasteiger partial charge in [0, 0.05) is 24.9 Å². The second-order valence-corrected chi connectivity index (χ2v) is 4.46. The van der Waals surface area contributed by atoms with E-state index >= 15 is 0 Å². The molecule has 0 spiro atoms. The molecule has 0 saturated carbocycles. The summed E-state index contributed by atoms with van der Waals surface area (Å²) in [6.07, 6.45) is 8.68. The van der Waals surface area contributed by atoms with E-state index in [0.29, 0.717) is 0 Å². The van der Waals surface area contributed by atoms with Gasteiger partial charge in [0.25, 0.3) is 0 Å². The van der Waals surface area contributed by atoms with Crippen LogP contribution in [0, 0.1) is 11.3 Å². The van der Waals surface area contributed by atoms with Crippen molar-refractivity contribution < 1.29 is 0 Å². The molecule has 0 unspecified atom stereocenters. The van der Waals surface area contributed by atoms with Crippen LogP contribution in [0.3, 0.4) is 0 Å². The molecule has 0 bridgehead atoms. The van der Waals surface area contributed by atoms with Gasteiger partial charge in [-0.2, -0.15) is 5.26 Å². The van der Waals surface area contributed by atoms with Crippen molar-refractivity contribution in [3.63, 3.8) is 0 Å². The third kappa shape index (κ3) is 3.35. The van der Waals surface area contributed by atoms with Crippen LogP contribution in [0.25, 0.3) is 6.08 Å². The lowest BCUT2D eigenvalue weighted by molar-refractivity contribution is 0.726. The van der Waals surface area contributed by atoms with Gasteiger partial charge in [-0.25, -0.2) is 0 Å². The van der Waals surface area contributed by atoms with Crippen molar-refractivity contribution >= 4 is 11.8 Å². The maximum atomic E-state index is 8.47. The minimum absolute atomic E-state index is 1.09. The molecule has 0 atom stereocenters. The molecular weight excluding hydrogens is 208 g/mol. The van der Waals surface area contributed by atoms with E-state index in [0.717, 1.165) is 5.56 Å². The van der Waals surface area contributed by atoms with E-state index in [1.165, 1.54) is 50.5 Å². The van der Waals surface area contributed by atoms with E-state index in [-0.39, 0.29) is 0 Å². The van der Waals surface area contributed by atoms with Gasteiger partial charge in [0.1, 0.15) is 0 Å². The minimum atomic E-state index is 1.09. The summed E-state index contributed by atoms with van der Waals surface area (Å²) in [6.45, 7) is 2.35. The minimum Gasteiger partial charge on any atom is -0.372 e. The maximum absolute atomic E-state index is 8.47. The van der Waals surface area contributed by atoms with Crippen LogP contribution in [0.2, 0.25) is 0 Å². The number of benzene rings is 1. The summed E-state index contributed by atoms with van der Waals surface area (Å²) >= 11 is 0. The van der Waals surface area contributed by atoms with E-state index in [4.69, 9.17) is 5.26 Å². The molecule has 1 heterocycles. The van der Waals surface area contributed by atoms with Gasteiger partial charge >= 0.3 is 0 Å². The Morgan fingerprint density at radius 1 is 1.00 bits per heavy atom. The molecule has 2 heteroatoms. The van der Waals surface area contributed by atoms with Crippen LogP contribution in [0.4, 0.5) is 5.69 Å². The Labute approximate surface area is 103 Å². The highest BCUT2D eigenvalue weighted by molar-refractivity contribution is 5.57. The van der Waals surface area contributed by atoms with Crippen molar-refractivity contribution in [2.45, 2.75) is 25.7 Å². The lowest BCUT2D eigenvalue weighted by Gasteiger charge is -2.22. The van der Waals surface area contributed by atoms with Crippen molar-refractivity contribution in [1.29, 1.82) is 5.26 Å². The van der Waals surface area contributed by atoms with Gasteiger partial charge in [0.05, 0.1) is 6.07 Å². The van der Waals surface area contributed by atoms with Gasteiger partial charge in [-0.1, -0.05) is 25.0 Å². The highest BCUT2D eigenvalue weighted by Gasteiger charge is 2.08. The third-order valence-corrected chi connectivity index (χ3v) is 3.21. The predicted molar refractivity (Wildman–Crippen MR) is 71.8 cm³/mol. The number of allylic oxidation sites excluding steroid dienone is 1. The first kappa shape index (κ1) is 11.7. The SMILES string of the molecule is N#C/C=C/c1ccc(N2CCCCCC2)cc1. The fraction of sp³-hybridized carbons (Fsp3) is 0.400. The number of anilines is 1. The first-order chi connectivity index (χ1) is 8.40. The molecule has 1 aliphatic rings. The number of nitrogens with zero attached hydrogens (tertiary/aromatic N) is 2. The molecule has 0 aliphatic carbocycles. The van der Waals surface area contributed by atoms with Gasteiger partial charge in [-0.3, -0.25) is 0 Å². The summed E-state index contributed by atoms with van der Waals surface area (Å²) in [5.74, 6) is 0. The Morgan fingerprint density at radius 2 is 1.65 bits per heavy atom. The fourth-order valence-corrected chi connectivity index (χ4v) is 2.26. The van der Waals surface area contributed by atoms with Crippen LogP contribution in [0.15, 0.2) is 30.3 Å². The molecule has 1 aromatic rings. The van der Waals surface area contributed by atoms with Crippen LogP contribution in [0.5, 0.6) is 0 Å². The summed E-state index contributed by atoms with van der Waals surface area (Å²) in [6, 6.07) is 10.5. The average molecular weight is 226 g/mol. The molecule has 2 rings (SSSR count). The topological polar surface area (TPSA) is 27.0 Å². The largest absolute Gasteiger partial charge is 0.372 e. The van der Waals surface area contributed by atoms with Gasteiger partial charge < -0.3 is 4.90 Å². The Balaban J connectivity index is 2.06. The third-order valence-electron chi connectivity index (χ3n) is 3.21. The molecule has 17 heavy (non-hydrogen) atoms. The molecule has 88 valence electrons. The highest BCUT2D eigenvalue weighted by Crippen LogP contribution is 2.20. The van der Waals surface area contributed by atoms with Crippen molar-refractivity contribution in [3.8, 4) is 6.07 Å².